The van der Waals surface area contributed by atoms with E-state index >= 15 is 0 Å². The minimum atomic E-state index is 1.15. The second kappa shape index (κ2) is 3.58. The van der Waals surface area contributed by atoms with Gasteiger partial charge in [0.05, 0.1) is 0 Å². The fraction of sp³-hybridized carbons (Fsp3) is 0.273. The first-order valence-corrected chi connectivity index (χ1v) is 6.29. The van der Waals surface area contributed by atoms with Crippen LogP contribution in [0, 0.1) is 10.5 Å². The predicted octanol–water partition coefficient (Wildman–Crippen LogP) is 4.38. The summed E-state index contributed by atoms with van der Waals surface area (Å²) in [6.45, 7) is 4.37. The van der Waals surface area contributed by atoms with Crippen LogP contribution in [0.4, 0.5) is 0 Å². The Morgan fingerprint density at radius 1 is 1.31 bits per heavy atom. The van der Waals surface area contributed by atoms with Gasteiger partial charge < -0.3 is 0 Å². The summed E-state index contributed by atoms with van der Waals surface area (Å²) in [4.78, 5) is 1.48. The number of thiophene rings is 1. The smallest absolute Gasteiger partial charge is 0.0358 e. The van der Waals surface area contributed by atoms with Crippen molar-refractivity contribution >= 4 is 44.0 Å². The SMILES string of the molecule is CCc1cc2c(I)cc(C)cc2s1. The molecule has 0 fully saturated rings. The van der Waals surface area contributed by atoms with E-state index in [-0.39, 0.29) is 0 Å². The number of hydrogen-bond donors (Lipinski definition) is 0. The number of rotatable bonds is 1. The van der Waals surface area contributed by atoms with E-state index in [0.29, 0.717) is 0 Å². The highest BCUT2D eigenvalue weighted by molar-refractivity contribution is 14.1. The number of hydrogen-bond acceptors (Lipinski definition) is 1. The van der Waals surface area contributed by atoms with Crippen molar-refractivity contribution in [1.29, 1.82) is 0 Å². The Bertz CT molecular complexity index is 443. The molecule has 0 aliphatic carbocycles. The van der Waals surface area contributed by atoms with Gasteiger partial charge in [-0.3, -0.25) is 0 Å². The van der Waals surface area contributed by atoms with Crippen molar-refractivity contribution in [3.8, 4) is 0 Å². The second-order valence-corrected chi connectivity index (χ2v) is 5.56. The van der Waals surface area contributed by atoms with Crippen LogP contribution in [0.25, 0.3) is 10.1 Å². The second-order valence-electron chi connectivity index (χ2n) is 3.22. The standard InChI is InChI=1S/C11H11IS/c1-3-8-6-9-10(12)4-7(2)5-11(9)13-8/h4-6H,3H2,1-2H3. The van der Waals surface area contributed by atoms with Gasteiger partial charge in [-0.2, -0.15) is 0 Å². The molecule has 1 aromatic heterocycles. The van der Waals surface area contributed by atoms with Gasteiger partial charge in [0.2, 0.25) is 0 Å². The third-order valence-corrected chi connectivity index (χ3v) is 4.25. The van der Waals surface area contributed by atoms with Crippen LogP contribution in [-0.2, 0) is 6.42 Å². The van der Waals surface area contributed by atoms with Crippen molar-refractivity contribution < 1.29 is 0 Å². The van der Waals surface area contributed by atoms with Crippen LogP contribution < -0.4 is 0 Å². The average molecular weight is 302 g/mol. The van der Waals surface area contributed by atoms with Crippen molar-refractivity contribution in [1.82, 2.24) is 0 Å². The summed E-state index contributed by atoms with van der Waals surface area (Å²) in [5, 5.41) is 1.42. The van der Waals surface area contributed by atoms with Crippen LogP contribution >= 0.6 is 33.9 Å². The van der Waals surface area contributed by atoms with Crippen molar-refractivity contribution in [3.63, 3.8) is 0 Å². The quantitative estimate of drug-likeness (QED) is 0.686. The summed E-state index contributed by atoms with van der Waals surface area (Å²) in [7, 11) is 0. The maximum Gasteiger partial charge on any atom is 0.0358 e. The lowest BCUT2D eigenvalue weighted by Gasteiger charge is -1.95. The van der Waals surface area contributed by atoms with Gasteiger partial charge in [-0.1, -0.05) is 6.92 Å². The van der Waals surface area contributed by atoms with E-state index < -0.39 is 0 Å². The maximum atomic E-state index is 2.42. The topological polar surface area (TPSA) is 0 Å². The molecule has 2 aromatic rings. The molecule has 0 saturated heterocycles. The molecule has 68 valence electrons. The summed E-state index contributed by atoms with van der Waals surface area (Å²) in [6.07, 6.45) is 1.15. The van der Waals surface area contributed by atoms with Crippen molar-refractivity contribution in [2.75, 3.05) is 0 Å². The molecule has 0 spiro atoms. The van der Waals surface area contributed by atoms with Crippen LogP contribution in [0.3, 0.4) is 0 Å². The minimum absolute atomic E-state index is 1.15. The molecule has 0 N–H and O–H groups in total. The highest BCUT2D eigenvalue weighted by Crippen LogP contribution is 2.30. The van der Waals surface area contributed by atoms with Crippen molar-refractivity contribution in [3.05, 3.63) is 32.2 Å². The zero-order valence-corrected chi connectivity index (χ0v) is 10.7. The molecule has 0 saturated carbocycles. The Hall–Kier alpha value is -0.0900. The van der Waals surface area contributed by atoms with Crippen molar-refractivity contribution in [2.24, 2.45) is 0 Å². The largest absolute Gasteiger partial charge is 0.140 e. The summed E-state index contributed by atoms with van der Waals surface area (Å²) >= 11 is 4.34. The Kier molecular flexibility index (Phi) is 2.60. The molecule has 0 atom stereocenters. The molecular formula is C11H11IS. The first kappa shape index (κ1) is 9.46. The molecule has 0 bridgehead atoms. The highest BCUT2D eigenvalue weighted by Gasteiger charge is 2.04. The van der Waals surface area contributed by atoms with E-state index in [1.807, 2.05) is 11.3 Å². The van der Waals surface area contributed by atoms with Gasteiger partial charge in [-0.15, -0.1) is 11.3 Å². The monoisotopic (exact) mass is 302 g/mol. The van der Waals surface area contributed by atoms with Crippen LogP contribution in [0.1, 0.15) is 17.4 Å². The van der Waals surface area contributed by atoms with E-state index in [0.717, 1.165) is 6.42 Å². The maximum absolute atomic E-state index is 2.42. The van der Waals surface area contributed by atoms with Gasteiger partial charge in [0, 0.05) is 18.5 Å². The Morgan fingerprint density at radius 2 is 2.08 bits per heavy atom. The van der Waals surface area contributed by atoms with Gasteiger partial charge in [0.15, 0.2) is 0 Å². The molecule has 0 aliphatic heterocycles. The van der Waals surface area contributed by atoms with Crippen LogP contribution in [0.2, 0.25) is 0 Å². The van der Waals surface area contributed by atoms with Crippen LogP contribution in [-0.4, -0.2) is 0 Å². The Labute approximate surface area is 96.1 Å². The minimum Gasteiger partial charge on any atom is -0.140 e. The van der Waals surface area contributed by atoms with E-state index in [4.69, 9.17) is 0 Å². The third-order valence-electron chi connectivity index (χ3n) is 2.13. The molecule has 2 heteroatoms. The zero-order chi connectivity index (χ0) is 9.42. The highest BCUT2D eigenvalue weighted by atomic mass is 127. The number of aryl methyl sites for hydroxylation is 2. The molecule has 0 radical (unpaired) electrons. The van der Waals surface area contributed by atoms with Gasteiger partial charge in [-0.25, -0.2) is 0 Å². The lowest BCUT2D eigenvalue weighted by Crippen LogP contribution is -1.75. The zero-order valence-electron chi connectivity index (χ0n) is 7.73. The van der Waals surface area contributed by atoms with Gasteiger partial charge in [0.1, 0.15) is 0 Å². The summed E-state index contributed by atoms with van der Waals surface area (Å²) in [5.74, 6) is 0. The third kappa shape index (κ3) is 1.74. The fourth-order valence-electron chi connectivity index (χ4n) is 1.45. The molecule has 0 nitrogen and oxygen atoms in total. The van der Waals surface area contributed by atoms with Gasteiger partial charge in [-0.05, 0) is 59.7 Å². The molecule has 1 heterocycles. The first-order valence-electron chi connectivity index (χ1n) is 4.39. The molecular weight excluding hydrogens is 291 g/mol. The van der Waals surface area contributed by atoms with E-state index in [1.54, 1.807) is 0 Å². The first-order chi connectivity index (χ1) is 6.20. The van der Waals surface area contributed by atoms with Crippen LogP contribution in [0.5, 0.6) is 0 Å². The molecule has 0 aliphatic rings. The Balaban J connectivity index is 2.75. The molecule has 1 aromatic carbocycles. The predicted molar refractivity (Wildman–Crippen MR) is 68.7 cm³/mol. The average Bonchev–Trinajstić information content (AvgIpc) is 2.47. The van der Waals surface area contributed by atoms with Crippen molar-refractivity contribution in [2.45, 2.75) is 20.3 Å². The molecule has 0 unspecified atom stereocenters. The summed E-state index contributed by atoms with van der Waals surface area (Å²) in [6, 6.07) is 6.84. The number of benzene rings is 1. The lowest BCUT2D eigenvalue weighted by atomic mass is 10.2. The number of halogens is 1. The van der Waals surface area contributed by atoms with E-state index in [2.05, 4.69) is 54.6 Å². The lowest BCUT2D eigenvalue weighted by molar-refractivity contribution is 1.19. The molecule has 2 rings (SSSR count). The van der Waals surface area contributed by atoms with E-state index in [9.17, 15) is 0 Å². The summed E-state index contributed by atoms with van der Waals surface area (Å²) < 4.78 is 2.81. The van der Waals surface area contributed by atoms with Crippen LogP contribution in [0.15, 0.2) is 18.2 Å². The fourth-order valence-corrected chi connectivity index (χ4v) is 3.70. The van der Waals surface area contributed by atoms with E-state index in [1.165, 1.54) is 24.1 Å². The van der Waals surface area contributed by atoms with Gasteiger partial charge >= 0.3 is 0 Å². The summed E-state index contributed by atoms with van der Waals surface area (Å²) in [5.41, 5.74) is 1.36. The molecule has 13 heavy (non-hydrogen) atoms. The Morgan fingerprint density at radius 3 is 2.77 bits per heavy atom. The number of fused-ring (bicyclic) bond motifs is 1. The normalized spacial score (nSPS) is 11.0. The molecule has 0 amide bonds. The van der Waals surface area contributed by atoms with Gasteiger partial charge in [0.25, 0.3) is 0 Å².